The van der Waals surface area contributed by atoms with E-state index in [1.807, 2.05) is 28.8 Å². The van der Waals surface area contributed by atoms with Crippen LogP contribution >= 0.6 is 39.1 Å². The van der Waals surface area contributed by atoms with E-state index in [0.29, 0.717) is 21.1 Å². The van der Waals surface area contributed by atoms with Crippen molar-refractivity contribution in [2.45, 2.75) is 13.0 Å². The number of carbonyl (C=O) groups is 1. The molecule has 1 heterocycles. The minimum absolute atomic E-state index is 0.0903. The number of phenols is 1. The standard InChI is InChI=1S/C22H15BrCl2N4O4/c23-13-7-12(22(31)20(8-13)29(32)33)11-26-27-21(30)5-6-28-18-3-1-14(24)9-16(18)17-10-15(25)2-4-19(17)28/h1-4,7-11,31H,5-6H2,(H,27,30). The van der Waals surface area contributed by atoms with Gasteiger partial charge in [-0.2, -0.15) is 5.10 Å². The second-order valence-corrected chi connectivity index (χ2v) is 8.93. The molecule has 11 heteroatoms. The zero-order valence-corrected chi connectivity index (χ0v) is 19.9. The third kappa shape index (κ3) is 4.80. The smallest absolute Gasteiger partial charge is 0.312 e. The van der Waals surface area contributed by atoms with E-state index < -0.39 is 16.4 Å². The molecule has 4 rings (SSSR count). The van der Waals surface area contributed by atoms with Crippen molar-refractivity contribution in [3.63, 3.8) is 0 Å². The predicted molar refractivity (Wildman–Crippen MR) is 132 cm³/mol. The average Bonchev–Trinajstić information content (AvgIpc) is 3.06. The maximum absolute atomic E-state index is 12.4. The van der Waals surface area contributed by atoms with Gasteiger partial charge in [0.1, 0.15) is 0 Å². The molecular weight excluding hydrogens is 535 g/mol. The Balaban J connectivity index is 1.52. The Bertz CT molecular complexity index is 1390. The Morgan fingerprint density at radius 3 is 2.30 bits per heavy atom. The lowest BCUT2D eigenvalue weighted by atomic mass is 10.1. The van der Waals surface area contributed by atoms with Crippen LogP contribution < -0.4 is 5.43 Å². The van der Waals surface area contributed by atoms with Gasteiger partial charge in [0.05, 0.1) is 11.1 Å². The summed E-state index contributed by atoms with van der Waals surface area (Å²) in [4.78, 5) is 22.7. The van der Waals surface area contributed by atoms with E-state index in [1.54, 1.807) is 12.1 Å². The van der Waals surface area contributed by atoms with Gasteiger partial charge in [-0.1, -0.05) is 39.1 Å². The predicted octanol–water partition coefficient (Wildman–Crippen LogP) is 6.02. The molecule has 4 aromatic rings. The van der Waals surface area contributed by atoms with Crippen molar-refractivity contribution in [3.8, 4) is 5.75 Å². The minimum Gasteiger partial charge on any atom is -0.502 e. The highest BCUT2D eigenvalue weighted by Gasteiger charge is 2.18. The molecule has 168 valence electrons. The van der Waals surface area contributed by atoms with Crippen molar-refractivity contribution in [3.05, 3.63) is 78.7 Å². The van der Waals surface area contributed by atoms with Crippen molar-refractivity contribution in [1.29, 1.82) is 0 Å². The zero-order valence-electron chi connectivity index (χ0n) is 16.8. The normalized spacial score (nSPS) is 11.5. The fourth-order valence-corrected chi connectivity index (χ4v) is 4.38. The Morgan fingerprint density at radius 2 is 1.73 bits per heavy atom. The average molecular weight is 550 g/mol. The van der Waals surface area contributed by atoms with Gasteiger partial charge in [0.2, 0.25) is 11.7 Å². The monoisotopic (exact) mass is 548 g/mol. The van der Waals surface area contributed by atoms with Crippen LogP contribution in [0.5, 0.6) is 5.75 Å². The maximum atomic E-state index is 12.4. The number of phenolic OH excluding ortho intramolecular Hbond substituents is 1. The van der Waals surface area contributed by atoms with Crippen LogP contribution in [0.1, 0.15) is 12.0 Å². The molecule has 0 atom stereocenters. The molecule has 0 aliphatic carbocycles. The Labute approximate surface area is 205 Å². The van der Waals surface area contributed by atoms with Crippen molar-refractivity contribution in [2.75, 3.05) is 0 Å². The topological polar surface area (TPSA) is 110 Å². The van der Waals surface area contributed by atoms with Crippen LogP contribution in [0.4, 0.5) is 5.69 Å². The van der Waals surface area contributed by atoms with Gasteiger partial charge in [0.25, 0.3) is 0 Å². The van der Waals surface area contributed by atoms with Crippen molar-refractivity contribution < 1.29 is 14.8 Å². The van der Waals surface area contributed by atoms with Gasteiger partial charge in [0.15, 0.2) is 0 Å². The third-order valence-corrected chi connectivity index (χ3v) is 5.95. The molecular formula is C22H15BrCl2N4O4. The summed E-state index contributed by atoms with van der Waals surface area (Å²) in [5.74, 6) is -0.906. The summed E-state index contributed by atoms with van der Waals surface area (Å²) in [5, 5.41) is 27.9. The molecule has 8 nitrogen and oxygen atoms in total. The van der Waals surface area contributed by atoms with Crippen molar-refractivity contribution in [1.82, 2.24) is 9.99 Å². The summed E-state index contributed by atoms with van der Waals surface area (Å²) < 4.78 is 2.40. The molecule has 0 spiro atoms. The lowest BCUT2D eigenvalue weighted by molar-refractivity contribution is -0.385. The Kier molecular flexibility index (Phi) is 6.55. The molecule has 0 radical (unpaired) electrons. The molecule has 0 bridgehead atoms. The molecule has 0 unspecified atom stereocenters. The second-order valence-electron chi connectivity index (χ2n) is 7.14. The Hall–Kier alpha value is -3.14. The summed E-state index contributed by atoms with van der Waals surface area (Å²) in [5.41, 5.74) is 3.84. The van der Waals surface area contributed by atoms with Gasteiger partial charge in [-0.05, 0) is 42.5 Å². The van der Waals surface area contributed by atoms with Crippen LogP contribution in [0.15, 0.2) is 58.1 Å². The molecule has 33 heavy (non-hydrogen) atoms. The van der Waals surface area contributed by atoms with Crippen LogP contribution in [-0.2, 0) is 11.3 Å². The van der Waals surface area contributed by atoms with Gasteiger partial charge in [-0.15, -0.1) is 0 Å². The van der Waals surface area contributed by atoms with E-state index >= 15 is 0 Å². The number of halogens is 3. The fraction of sp³-hybridized carbons (Fsp3) is 0.0909. The van der Waals surface area contributed by atoms with Crippen LogP contribution in [-0.4, -0.2) is 26.7 Å². The molecule has 0 aliphatic heterocycles. The fourth-order valence-electron chi connectivity index (χ4n) is 3.58. The lowest BCUT2D eigenvalue weighted by Crippen LogP contribution is -2.19. The van der Waals surface area contributed by atoms with Crippen LogP contribution in [0.25, 0.3) is 21.8 Å². The number of aromatic nitrogens is 1. The first-order chi connectivity index (χ1) is 15.7. The number of nitro groups is 1. The molecule has 3 aromatic carbocycles. The zero-order chi connectivity index (χ0) is 23.7. The largest absolute Gasteiger partial charge is 0.502 e. The van der Waals surface area contributed by atoms with E-state index in [1.165, 1.54) is 12.1 Å². The molecule has 0 aliphatic rings. The SMILES string of the molecule is O=C(CCn1c2ccc(Cl)cc2c2cc(Cl)ccc21)NN=Cc1cc(Br)cc([N+](=O)[O-])c1O. The first kappa shape index (κ1) is 23.0. The number of hydrogen-bond donors (Lipinski definition) is 2. The number of aromatic hydroxyl groups is 1. The van der Waals surface area contributed by atoms with Gasteiger partial charge >= 0.3 is 5.69 Å². The van der Waals surface area contributed by atoms with Crippen molar-refractivity contribution >= 4 is 78.7 Å². The lowest BCUT2D eigenvalue weighted by Gasteiger charge is -2.07. The van der Waals surface area contributed by atoms with E-state index in [9.17, 15) is 20.0 Å². The number of hydrazone groups is 1. The summed E-state index contributed by atoms with van der Waals surface area (Å²) in [6.45, 7) is 0.373. The number of nitrogens with zero attached hydrogens (tertiary/aromatic N) is 3. The van der Waals surface area contributed by atoms with Crippen LogP contribution in [0.3, 0.4) is 0 Å². The van der Waals surface area contributed by atoms with E-state index in [2.05, 4.69) is 26.5 Å². The third-order valence-electron chi connectivity index (χ3n) is 5.03. The number of benzene rings is 3. The summed E-state index contributed by atoms with van der Waals surface area (Å²) >= 11 is 15.5. The van der Waals surface area contributed by atoms with E-state index in [4.69, 9.17) is 23.2 Å². The maximum Gasteiger partial charge on any atom is 0.312 e. The Morgan fingerprint density at radius 1 is 1.12 bits per heavy atom. The second kappa shape index (κ2) is 9.38. The highest BCUT2D eigenvalue weighted by molar-refractivity contribution is 9.10. The number of carbonyl (C=O) groups excluding carboxylic acids is 1. The number of fused-ring (bicyclic) bond motifs is 3. The molecule has 2 N–H and O–H groups in total. The van der Waals surface area contributed by atoms with Crippen LogP contribution in [0, 0.1) is 10.1 Å². The molecule has 0 saturated heterocycles. The molecule has 1 aromatic heterocycles. The number of rotatable bonds is 6. The van der Waals surface area contributed by atoms with Crippen molar-refractivity contribution in [2.24, 2.45) is 5.10 Å². The van der Waals surface area contributed by atoms with Gasteiger partial charge in [0, 0.05) is 60.9 Å². The highest BCUT2D eigenvalue weighted by atomic mass is 79.9. The molecule has 0 saturated carbocycles. The number of nitro benzene ring substituents is 1. The first-order valence-electron chi connectivity index (χ1n) is 9.60. The van der Waals surface area contributed by atoms with E-state index in [-0.39, 0.29) is 17.9 Å². The van der Waals surface area contributed by atoms with Crippen LogP contribution in [0.2, 0.25) is 10.0 Å². The number of aryl methyl sites for hydroxylation is 1. The number of nitrogens with one attached hydrogen (secondary N) is 1. The summed E-state index contributed by atoms with van der Waals surface area (Å²) in [6.07, 6.45) is 1.27. The summed E-state index contributed by atoms with van der Waals surface area (Å²) in [6, 6.07) is 13.7. The highest BCUT2D eigenvalue weighted by Crippen LogP contribution is 2.33. The number of hydrogen-bond acceptors (Lipinski definition) is 5. The summed E-state index contributed by atoms with van der Waals surface area (Å²) in [7, 11) is 0. The van der Waals surface area contributed by atoms with Gasteiger partial charge in [-0.25, -0.2) is 5.43 Å². The van der Waals surface area contributed by atoms with Gasteiger partial charge < -0.3 is 9.67 Å². The first-order valence-corrected chi connectivity index (χ1v) is 11.2. The molecule has 0 fully saturated rings. The minimum atomic E-state index is -0.706. The molecule has 1 amide bonds. The quantitative estimate of drug-likeness (QED) is 0.174. The van der Waals surface area contributed by atoms with Gasteiger partial charge in [-0.3, -0.25) is 14.9 Å². The van der Waals surface area contributed by atoms with E-state index in [0.717, 1.165) is 28.0 Å². The number of amides is 1.